The predicted octanol–water partition coefficient (Wildman–Crippen LogP) is -5.09. The van der Waals surface area contributed by atoms with E-state index in [1.165, 1.54) is 17.9 Å². The molecule has 6 aromatic rings. The van der Waals surface area contributed by atoms with Gasteiger partial charge in [0.15, 0.2) is 47.3 Å². The Labute approximate surface area is 411 Å². The van der Waals surface area contributed by atoms with Gasteiger partial charge < -0.3 is 71.4 Å². The number of alkyl halides is 1. The first kappa shape index (κ1) is 54.4. The average molecular weight is 1150 g/mol. The van der Waals surface area contributed by atoms with Crippen LogP contribution >= 0.6 is 31.3 Å². The lowest BCUT2D eigenvalue weighted by atomic mass is 10.1. The molecular weight excluding hydrogens is 1110 g/mol. The van der Waals surface area contributed by atoms with Crippen molar-refractivity contribution in [3.05, 3.63) is 50.0 Å². The fourth-order valence-electron chi connectivity index (χ4n) is 8.10. The lowest BCUT2D eigenvalue weighted by Crippen LogP contribution is -2.46. The number of phosphoric ester groups is 3. The maximum absolute atomic E-state index is 16.5. The first-order valence-electron chi connectivity index (χ1n) is 20.9. The van der Waals surface area contributed by atoms with Gasteiger partial charge in [0.2, 0.25) is 23.6 Å². The minimum absolute atomic E-state index is 0.0442. The van der Waals surface area contributed by atoms with Crippen molar-refractivity contribution in [2.45, 2.75) is 73.7 Å². The van der Waals surface area contributed by atoms with Gasteiger partial charge in [0.1, 0.15) is 48.8 Å². The van der Waals surface area contributed by atoms with Gasteiger partial charge in [-0.2, -0.15) is 18.6 Å². The third kappa shape index (κ3) is 10.8. The monoisotopic (exact) mass is 1150 g/mol. The van der Waals surface area contributed by atoms with Gasteiger partial charge >= 0.3 is 36.9 Å². The van der Waals surface area contributed by atoms with E-state index in [2.05, 4.69) is 53.0 Å². The highest BCUT2D eigenvalue weighted by Gasteiger charge is 2.54. The summed E-state index contributed by atoms with van der Waals surface area (Å²) in [7, 11) is -22.5. The van der Waals surface area contributed by atoms with Crippen LogP contribution < -0.4 is 38.4 Å². The number of imidazole rings is 3. The number of nitrogens with zero attached hydrogens (tertiary/aromatic N) is 9. The minimum atomic E-state index is -6.28. The SMILES string of the molecule is Cn1c[n+]([C@H]2O[C@@H](COP(=O)(O)OP(=O)(O)OP(=O)(O)OC[C@H]3O[C@@H](n4cnc5c(=O)[nH]c(N)nc54)[C@H](F)[C@@H]3OP(=O)(O)OC[C@H]3O[C@@H](n4cnc5c(=O)[nH]c(N)nc54)[C@H](O)[C@@H]3O)[C@H](O)[C@@H]2O)c2nc(N)[nH]c(=O)c21. The molecule has 9 heterocycles. The van der Waals surface area contributed by atoms with Crippen LogP contribution in [0.5, 0.6) is 0 Å². The third-order valence-corrected chi connectivity index (χ3v) is 16.6. The van der Waals surface area contributed by atoms with E-state index in [1.54, 1.807) is 0 Å². The number of hydrogen-bond acceptors (Lipinski definition) is 28. The highest BCUT2D eigenvalue weighted by atomic mass is 31.3. The summed E-state index contributed by atoms with van der Waals surface area (Å²) in [6, 6.07) is 0. The highest BCUT2D eigenvalue weighted by Crippen LogP contribution is 2.68. The van der Waals surface area contributed by atoms with Crippen LogP contribution in [0.15, 0.2) is 33.4 Å². The summed E-state index contributed by atoms with van der Waals surface area (Å²) in [6.07, 6.45) is -20.3. The molecule has 17 N–H and O–H groups in total. The van der Waals surface area contributed by atoms with Crippen molar-refractivity contribution in [2.75, 3.05) is 37.0 Å². The van der Waals surface area contributed by atoms with Crippen molar-refractivity contribution in [3.8, 4) is 0 Å². The van der Waals surface area contributed by atoms with E-state index in [0.717, 1.165) is 26.4 Å². The Balaban J connectivity index is 0.859. The van der Waals surface area contributed by atoms with Crippen LogP contribution in [0.25, 0.3) is 33.5 Å². The van der Waals surface area contributed by atoms with E-state index in [-0.39, 0.29) is 34.2 Å². The first-order valence-corrected chi connectivity index (χ1v) is 26.9. The summed E-state index contributed by atoms with van der Waals surface area (Å²) in [6.45, 7) is -3.78. The van der Waals surface area contributed by atoms with Gasteiger partial charge in [-0.3, -0.25) is 61.1 Å². The van der Waals surface area contributed by atoms with Crippen molar-refractivity contribution >= 4 is 82.6 Å². The van der Waals surface area contributed by atoms with Crippen molar-refractivity contribution in [1.82, 2.24) is 53.6 Å². The van der Waals surface area contributed by atoms with Crippen LogP contribution in [0, 0.1) is 0 Å². The molecule has 410 valence electrons. The molecule has 0 spiro atoms. The molecule has 6 aromatic heterocycles. The van der Waals surface area contributed by atoms with Gasteiger partial charge in [0.05, 0.1) is 39.5 Å². The number of nitrogen functional groups attached to an aromatic ring is 3. The molecule has 3 saturated heterocycles. The summed E-state index contributed by atoms with van der Waals surface area (Å²) >= 11 is 0. The quantitative estimate of drug-likeness (QED) is 0.0283. The van der Waals surface area contributed by atoms with E-state index < -0.39 is 159 Å². The number of aromatic nitrogens is 12. The summed E-state index contributed by atoms with van der Waals surface area (Å²) in [5.41, 5.74) is 13.1. The fourth-order valence-corrected chi connectivity index (χ4v) is 12.6. The molecule has 4 unspecified atom stereocenters. The molecule has 44 heteroatoms. The van der Waals surface area contributed by atoms with Gasteiger partial charge in [-0.1, -0.05) is 4.98 Å². The second kappa shape index (κ2) is 19.9. The number of halogens is 1. The van der Waals surface area contributed by atoms with Crippen molar-refractivity contribution in [3.63, 3.8) is 0 Å². The molecule has 3 aliphatic rings. The predicted molar refractivity (Wildman–Crippen MR) is 236 cm³/mol. The smallest absolute Gasteiger partial charge is 0.387 e. The van der Waals surface area contributed by atoms with Crippen molar-refractivity contribution < 1.29 is 108 Å². The highest BCUT2D eigenvalue weighted by molar-refractivity contribution is 7.66. The molecular formula is C31H41FN15O24P4+. The number of aliphatic hydroxyl groups is 4. The number of anilines is 3. The van der Waals surface area contributed by atoms with Crippen molar-refractivity contribution in [2.24, 2.45) is 7.05 Å². The van der Waals surface area contributed by atoms with Crippen LogP contribution in [0.4, 0.5) is 22.2 Å². The van der Waals surface area contributed by atoms with Crippen LogP contribution in [-0.4, -0.2) is 168 Å². The van der Waals surface area contributed by atoms with Gasteiger partial charge in [0, 0.05) is 0 Å². The zero-order valence-corrected chi connectivity index (χ0v) is 40.9. The largest absolute Gasteiger partial charge is 0.490 e. The number of rotatable bonds is 18. The molecule has 3 fully saturated rings. The normalized spacial score (nSPS) is 30.5. The van der Waals surface area contributed by atoms with Gasteiger partial charge in [-0.15, -0.1) is 0 Å². The topological polar surface area (TPSA) is 573 Å². The number of nitrogens with two attached hydrogens (primary N) is 3. The van der Waals surface area contributed by atoms with E-state index in [4.69, 9.17) is 45.0 Å². The van der Waals surface area contributed by atoms with Crippen LogP contribution in [0.1, 0.15) is 18.7 Å². The minimum Gasteiger partial charge on any atom is -0.387 e. The number of hydrogen-bond donors (Lipinski definition) is 14. The number of aliphatic hydroxyl groups excluding tert-OH is 4. The van der Waals surface area contributed by atoms with E-state index in [1.807, 2.05) is 0 Å². The molecule has 0 aliphatic carbocycles. The zero-order chi connectivity index (χ0) is 54.4. The Morgan fingerprint density at radius 1 is 0.653 bits per heavy atom. The molecule has 75 heavy (non-hydrogen) atoms. The second-order valence-electron chi connectivity index (χ2n) is 16.4. The molecule has 0 radical (unpaired) electrons. The molecule has 3 aliphatic heterocycles. The molecule has 0 saturated carbocycles. The number of phosphoric acid groups is 4. The van der Waals surface area contributed by atoms with Gasteiger partial charge in [0.25, 0.3) is 22.6 Å². The number of ether oxygens (including phenoxy) is 3. The maximum Gasteiger partial charge on any atom is 0.490 e. The lowest BCUT2D eigenvalue weighted by Gasteiger charge is -2.24. The molecule has 39 nitrogen and oxygen atoms in total. The zero-order valence-electron chi connectivity index (χ0n) is 37.3. The average Bonchev–Trinajstić information content (AvgIpc) is 4.15. The maximum atomic E-state index is 16.5. The van der Waals surface area contributed by atoms with Gasteiger partial charge in [-0.25, -0.2) is 37.2 Å². The number of aromatic amines is 3. The number of aryl methyl sites for hydroxylation is 1. The van der Waals surface area contributed by atoms with E-state index in [9.17, 15) is 72.6 Å². The summed E-state index contributed by atoms with van der Waals surface area (Å²) in [5.74, 6) is -1.17. The molecule has 16 atom stereocenters. The fraction of sp³-hybridized carbons (Fsp3) is 0.516. The molecule has 9 rings (SSSR count). The number of nitrogens with one attached hydrogen (secondary N) is 3. The van der Waals surface area contributed by atoms with Crippen LogP contribution in [-0.2, 0) is 66.2 Å². The molecule has 0 amide bonds. The number of fused-ring (bicyclic) bond motifs is 3. The molecule has 0 bridgehead atoms. The number of H-pyrrole nitrogens is 3. The second-order valence-corrected chi connectivity index (χ2v) is 22.4. The Morgan fingerprint density at radius 3 is 1.69 bits per heavy atom. The first-order chi connectivity index (χ1) is 35.0. The van der Waals surface area contributed by atoms with Crippen molar-refractivity contribution in [1.29, 1.82) is 0 Å². The summed E-state index contributed by atoms with van der Waals surface area (Å²) < 4.78 is 117. The van der Waals surface area contributed by atoms with Gasteiger partial charge in [-0.05, 0) is 0 Å². The Kier molecular flexibility index (Phi) is 14.4. The standard InChI is InChI=1S/C31H40FN15O24P4/c1-44-7-47(22-14(44)25(54)43-31(35)40-22)28-18(51)16(49)9(67-28)3-64-73(57,58)70-75(61,62)71-74(59,60)65-4-10-19(11(32)26(68-10)45-5-36-12-20(45)38-29(33)41-23(12)52)69-72(55,56)63-2-8-15(48)17(50)27(66-8)46-6-37-13-21(46)39-30(34)42-24(13)53/h5-11,15-19,26-28,48-51H,2-4H2,1H3,(H12-,33,34,35,38,39,40,41,42,43,52,53,54,55,56,57,58,59,60,61,62)/p+1/t8-,9+,10-,11-,15-,16+,17-,18+,19-,26-,27-,28+/m1/s1. The summed E-state index contributed by atoms with van der Waals surface area (Å²) in [4.78, 5) is 105. The van der Waals surface area contributed by atoms with Crippen LogP contribution in [0.3, 0.4) is 0 Å². The Bertz CT molecular complexity index is 3580. The van der Waals surface area contributed by atoms with E-state index in [0.29, 0.717) is 0 Å². The van der Waals surface area contributed by atoms with Crippen LogP contribution in [0.2, 0.25) is 0 Å². The Morgan fingerprint density at radius 2 is 1.12 bits per heavy atom. The van der Waals surface area contributed by atoms with E-state index >= 15 is 4.39 Å². The third-order valence-electron chi connectivity index (χ3n) is 11.3. The Hall–Kier alpha value is -5.38. The molecule has 0 aromatic carbocycles. The summed E-state index contributed by atoms with van der Waals surface area (Å²) in [5, 5.41) is 43.0. The lowest BCUT2D eigenvalue weighted by molar-refractivity contribution is -0.745.